The minimum absolute atomic E-state index is 0.0166. The van der Waals surface area contributed by atoms with Crippen LogP contribution in [0, 0.1) is 5.92 Å². The molecule has 12 nitrogen and oxygen atoms in total. The van der Waals surface area contributed by atoms with E-state index >= 15 is 0 Å². The van der Waals surface area contributed by atoms with Gasteiger partial charge >= 0.3 is 5.97 Å². The minimum Gasteiger partial charge on any atom is -0.508 e. The average molecular weight is 503 g/mol. The molecule has 1 heterocycles. The number of nitrogens with zero attached hydrogens (tertiary/aromatic N) is 1. The molecule has 2 aromatic rings. The molecule has 12 heteroatoms. The lowest BCUT2D eigenvalue weighted by Crippen LogP contribution is -2.58. The van der Waals surface area contributed by atoms with Gasteiger partial charge in [0.25, 0.3) is 0 Å². The van der Waals surface area contributed by atoms with E-state index in [4.69, 9.17) is 5.73 Å². The number of hydrogen-bond donors (Lipinski definition) is 7. The molecule has 0 saturated carbocycles. The van der Waals surface area contributed by atoms with Crippen LogP contribution >= 0.6 is 0 Å². The predicted octanol–water partition coefficient (Wildman–Crippen LogP) is -0.167. The van der Waals surface area contributed by atoms with E-state index in [9.17, 15) is 29.4 Å². The number of carbonyl (C=O) groups excluding carboxylic acids is 3. The highest BCUT2D eigenvalue weighted by Crippen LogP contribution is 2.13. The number of carbonyl (C=O) groups is 4. The number of benzene rings is 1. The van der Waals surface area contributed by atoms with Crippen molar-refractivity contribution in [1.29, 1.82) is 0 Å². The molecular weight excluding hydrogens is 468 g/mol. The molecule has 0 saturated heterocycles. The van der Waals surface area contributed by atoms with E-state index in [-0.39, 0.29) is 24.5 Å². The number of nitrogens with one attached hydrogen (secondary N) is 4. The van der Waals surface area contributed by atoms with Gasteiger partial charge in [0.15, 0.2) is 0 Å². The fourth-order valence-electron chi connectivity index (χ4n) is 3.41. The molecule has 5 unspecified atom stereocenters. The Hall–Kier alpha value is -3.93. The number of phenolic OH excluding ortho intramolecular Hbond substituents is 1. The van der Waals surface area contributed by atoms with Crippen molar-refractivity contribution >= 4 is 23.7 Å². The number of imidazole rings is 1. The number of amides is 3. The zero-order valence-corrected chi connectivity index (χ0v) is 20.5. The summed E-state index contributed by atoms with van der Waals surface area (Å²) < 4.78 is 0. The van der Waals surface area contributed by atoms with Gasteiger partial charge in [0.2, 0.25) is 17.7 Å². The molecule has 0 aliphatic carbocycles. The van der Waals surface area contributed by atoms with Crippen LogP contribution in [0.15, 0.2) is 36.8 Å². The Morgan fingerprint density at radius 1 is 0.972 bits per heavy atom. The number of nitrogens with two attached hydrogens (primary N) is 1. The number of hydrogen-bond acceptors (Lipinski definition) is 7. The highest BCUT2D eigenvalue weighted by atomic mass is 16.4. The largest absolute Gasteiger partial charge is 0.508 e. The summed E-state index contributed by atoms with van der Waals surface area (Å²) in [5.74, 6) is -3.42. The molecule has 1 aromatic carbocycles. The van der Waals surface area contributed by atoms with Crippen LogP contribution in [0.3, 0.4) is 0 Å². The van der Waals surface area contributed by atoms with Crippen LogP contribution in [-0.4, -0.2) is 68.0 Å². The van der Waals surface area contributed by atoms with Crippen LogP contribution in [0.5, 0.6) is 5.75 Å². The first kappa shape index (κ1) is 28.3. The Labute approximate surface area is 209 Å². The standard InChI is InChI=1S/C24H34N6O6/c1-4-13(2)20(24(35)36)30-23(34)18(9-15-5-7-17(31)8-6-15)29-22(33)19(28-21(32)14(3)25)10-16-11-26-12-27-16/h5-8,11-14,18-20,31H,4,9-10,25H2,1-3H3,(H,26,27)(H,28,32)(H,29,33)(H,30,34)(H,35,36). The summed E-state index contributed by atoms with van der Waals surface area (Å²) in [6.45, 7) is 4.99. The zero-order chi connectivity index (χ0) is 26.8. The first-order valence-corrected chi connectivity index (χ1v) is 11.7. The van der Waals surface area contributed by atoms with Gasteiger partial charge in [-0.25, -0.2) is 9.78 Å². The van der Waals surface area contributed by atoms with Gasteiger partial charge in [-0.1, -0.05) is 32.4 Å². The van der Waals surface area contributed by atoms with E-state index in [0.717, 1.165) is 0 Å². The van der Waals surface area contributed by atoms with Gasteiger partial charge in [-0.05, 0) is 30.5 Å². The first-order chi connectivity index (χ1) is 17.0. The smallest absolute Gasteiger partial charge is 0.326 e. The first-order valence-electron chi connectivity index (χ1n) is 11.7. The third-order valence-electron chi connectivity index (χ3n) is 5.81. The summed E-state index contributed by atoms with van der Waals surface area (Å²) in [5, 5.41) is 26.9. The van der Waals surface area contributed by atoms with Crippen molar-refractivity contribution in [3.63, 3.8) is 0 Å². The molecule has 0 bridgehead atoms. The Bertz CT molecular complexity index is 1020. The fourth-order valence-corrected chi connectivity index (χ4v) is 3.41. The summed E-state index contributed by atoms with van der Waals surface area (Å²) >= 11 is 0. The summed E-state index contributed by atoms with van der Waals surface area (Å²) in [7, 11) is 0. The van der Waals surface area contributed by atoms with Crippen molar-refractivity contribution in [1.82, 2.24) is 25.9 Å². The lowest BCUT2D eigenvalue weighted by Gasteiger charge is -2.26. The van der Waals surface area contributed by atoms with E-state index in [0.29, 0.717) is 17.7 Å². The molecule has 2 rings (SSSR count). The zero-order valence-electron chi connectivity index (χ0n) is 20.5. The summed E-state index contributed by atoms with van der Waals surface area (Å²) in [5.41, 5.74) is 6.83. The highest BCUT2D eigenvalue weighted by molar-refractivity contribution is 5.94. The molecule has 0 fully saturated rings. The van der Waals surface area contributed by atoms with Gasteiger partial charge in [0.1, 0.15) is 23.9 Å². The van der Waals surface area contributed by atoms with E-state index in [1.807, 2.05) is 6.92 Å². The molecule has 0 spiro atoms. The molecule has 36 heavy (non-hydrogen) atoms. The van der Waals surface area contributed by atoms with Gasteiger partial charge in [-0.2, -0.15) is 0 Å². The Kier molecular flexibility index (Phi) is 10.4. The molecule has 0 aliphatic rings. The van der Waals surface area contributed by atoms with Crippen molar-refractivity contribution in [3.8, 4) is 5.75 Å². The third kappa shape index (κ3) is 8.38. The summed E-state index contributed by atoms with van der Waals surface area (Å²) in [4.78, 5) is 57.2. The maximum absolute atomic E-state index is 13.3. The van der Waals surface area contributed by atoms with Gasteiger partial charge < -0.3 is 36.9 Å². The number of aromatic hydroxyl groups is 1. The number of carboxylic acids is 1. The third-order valence-corrected chi connectivity index (χ3v) is 5.81. The van der Waals surface area contributed by atoms with E-state index in [1.54, 1.807) is 19.1 Å². The second kappa shape index (κ2) is 13.2. The predicted molar refractivity (Wildman–Crippen MR) is 131 cm³/mol. The van der Waals surface area contributed by atoms with Crippen molar-refractivity contribution in [2.24, 2.45) is 11.7 Å². The SMILES string of the molecule is CCC(C)C(NC(=O)C(Cc1ccc(O)cc1)NC(=O)C(Cc1cnc[nH]1)NC(=O)C(C)N)C(=O)O. The van der Waals surface area contributed by atoms with Gasteiger partial charge in [-0.3, -0.25) is 14.4 Å². The molecule has 8 N–H and O–H groups in total. The van der Waals surface area contributed by atoms with Crippen molar-refractivity contribution in [3.05, 3.63) is 48.0 Å². The lowest BCUT2D eigenvalue weighted by molar-refractivity contribution is -0.143. The van der Waals surface area contributed by atoms with Gasteiger partial charge in [-0.15, -0.1) is 0 Å². The molecule has 196 valence electrons. The molecular formula is C24H34N6O6. The topological polar surface area (TPSA) is 200 Å². The molecule has 1 aromatic heterocycles. The van der Waals surface area contributed by atoms with E-state index in [2.05, 4.69) is 25.9 Å². The second-order valence-corrected chi connectivity index (χ2v) is 8.77. The molecule has 0 radical (unpaired) electrons. The number of aromatic amines is 1. The maximum Gasteiger partial charge on any atom is 0.326 e. The normalized spacial score (nSPS) is 15.1. The Morgan fingerprint density at radius 3 is 2.08 bits per heavy atom. The quantitative estimate of drug-likeness (QED) is 0.196. The van der Waals surface area contributed by atoms with Crippen LogP contribution in [0.25, 0.3) is 0 Å². The number of aromatic nitrogens is 2. The lowest BCUT2D eigenvalue weighted by atomic mass is 9.98. The fraction of sp³-hybridized carbons (Fsp3) is 0.458. The average Bonchev–Trinajstić information content (AvgIpc) is 3.35. The number of carboxylic acid groups (broad SMARTS) is 1. The van der Waals surface area contributed by atoms with Crippen LogP contribution < -0.4 is 21.7 Å². The Balaban J connectivity index is 2.29. The van der Waals surface area contributed by atoms with Crippen molar-refractivity contribution < 1.29 is 29.4 Å². The number of H-pyrrole nitrogens is 1. The van der Waals surface area contributed by atoms with E-state index in [1.165, 1.54) is 31.6 Å². The Morgan fingerprint density at radius 2 is 1.56 bits per heavy atom. The van der Waals surface area contributed by atoms with Crippen LogP contribution in [0.1, 0.15) is 38.4 Å². The molecule has 5 atom stereocenters. The monoisotopic (exact) mass is 502 g/mol. The molecule has 0 aliphatic heterocycles. The van der Waals surface area contributed by atoms with Crippen molar-refractivity contribution in [2.45, 2.75) is 64.2 Å². The van der Waals surface area contributed by atoms with Crippen LogP contribution in [0.2, 0.25) is 0 Å². The van der Waals surface area contributed by atoms with Crippen LogP contribution in [0.4, 0.5) is 0 Å². The molecule has 3 amide bonds. The number of phenols is 1. The van der Waals surface area contributed by atoms with Gasteiger partial charge in [0, 0.05) is 24.7 Å². The van der Waals surface area contributed by atoms with Crippen LogP contribution in [-0.2, 0) is 32.0 Å². The minimum atomic E-state index is -1.19. The summed E-state index contributed by atoms with van der Waals surface area (Å²) in [6, 6.07) is 1.79. The number of rotatable bonds is 13. The van der Waals surface area contributed by atoms with Gasteiger partial charge in [0.05, 0.1) is 12.4 Å². The van der Waals surface area contributed by atoms with E-state index < -0.39 is 47.9 Å². The second-order valence-electron chi connectivity index (χ2n) is 8.77. The maximum atomic E-state index is 13.3. The summed E-state index contributed by atoms with van der Waals surface area (Å²) in [6.07, 6.45) is 3.52. The van der Waals surface area contributed by atoms with Crippen molar-refractivity contribution in [2.75, 3.05) is 0 Å². The number of aliphatic carboxylic acids is 1. The highest BCUT2D eigenvalue weighted by Gasteiger charge is 2.32.